The molecule has 0 radical (unpaired) electrons. The van der Waals surface area contributed by atoms with Gasteiger partial charge in [0.1, 0.15) is 0 Å². The van der Waals surface area contributed by atoms with Crippen LogP contribution >= 0.6 is 0 Å². The van der Waals surface area contributed by atoms with Crippen molar-refractivity contribution in [1.29, 1.82) is 0 Å². The Kier molecular flexibility index (Phi) is 6.48. The summed E-state index contributed by atoms with van der Waals surface area (Å²) >= 11 is 0. The van der Waals surface area contributed by atoms with Crippen molar-refractivity contribution in [3.8, 4) is 0 Å². The van der Waals surface area contributed by atoms with Crippen LogP contribution in [0.5, 0.6) is 0 Å². The third kappa shape index (κ3) is 5.11. The Hall–Kier alpha value is -2.91. The van der Waals surface area contributed by atoms with E-state index in [1.165, 1.54) is 23.5 Å². The smallest absolute Gasteiger partial charge is 0.264 e. The molecule has 9 heteroatoms. The number of benzene rings is 2. The van der Waals surface area contributed by atoms with Gasteiger partial charge >= 0.3 is 0 Å². The van der Waals surface area contributed by atoms with E-state index in [0.717, 1.165) is 12.8 Å². The van der Waals surface area contributed by atoms with Gasteiger partial charge in [0.05, 0.1) is 17.1 Å². The van der Waals surface area contributed by atoms with Crippen molar-refractivity contribution in [1.82, 2.24) is 15.1 Å². The van der Waals surface area contributed by atoms with Crippen LogP contribution in [-0.4, -0.2) is 75.8 Å². The summed E-state index contributed by atoms with van der Waals surface area (Å²) in [6, 6.07) is 15.3. The molecule has 0 bridgehead atoms. The lowest BCUT2D eigenvalue weighted by atomic mass is 10.2. The number of nitrogens with one attached hydrogen (secondary N) is 1. The van der Waals surface area contributed by atoms with Crippen molar-refractivity contribution in [3.63, 3.8) is 0 Å². The van der Waals surface area contributed by atoms with Crippen LogP contribution in [0.25, 0.3) is 0 Å². The molecule has 2 amide bonds. The van der Waals surface area contributed by atoms with Gasteiger partial charge < -0.3 is 10.2 Å². The lowest BCUT2D eigenvalue weighted by molar-refractivity contribution is -0.122. The first-order chi connectivity index (χ1) is 15.3. The number of anilines is 1. The van der Waals surface area contributed by atoms with Crippen molar-refractivity contribution in [2.24, 2.45) is 0 Å². The first kappa shape index (κ1) is 22.3. The highest BCUT2D eigenvalue weighted by molar-refractivity contribution is 7.92. The van der Waals surface area contributed by atoms with E-state index in [4.69, 9.17) is 0 Å². The van der Waals surface area contributed by atoms with E-state index in [1.54, 1.807) is 41.3 Å². The maximum Gasteiger partial charge on any atom is 0.264 e. The third-order valence-electron chi connectivity index (χ3n) is 5.85. The van der Waals surface area contributed by atoms with Crippen LogP contribution < -0.4 is 9.62 Å². The molecule has 1 heterocycles. The predicted octanol–water partition coefficient (Wildman–Crippen LogP) is 1.55. The summed E-state index contributed by atoms with van der Waals surface area (Å²) in [6.45, 7) is 2.70. The highest BCUT2D eigenvalue weighted by Crippen LogP contribution is 2.22. The second kappa shape index (κ2) is 9.30. The second-order valence-corrected chi connectivity index (χ2v) is 10.2. The maximum absolute atomic E-state index is 12.9. The number of sulfonamides is 1. The van der Waals surface area contributed by atoms with Gasteiger partial charge in [-0.25, -0.2) is 8.42 Å². The Balaban J connectivity index is 1.34. The van der Waals surface area contributed by atoms with Gasteiger partial charge in [0, 0.05) is 44.8 Å². The lowest BCUT2D eigenvalue weighted by Crippen LogP contribution is -2.51. The van der Waals surface area contributed by atoms with Gasteiger partial charge in [0.2, 0.25) is 5.91 Å². The monoisotopic (exact) mass is 456 g/mol. The van der Waals surface area contributed by atoms with Gasteiger partial charge in [-0.05, 0) is 49.2 Å². The molecule has 2 aromatic carbocycles. The predicted molar refractivity (Wildman–Crippen MR) is 122 cm³/mol. The molecule has 170 valence electrons. The lowest BCUT2D eigenvalue weighted by Gasteiger charge is -2.34. The molecule has 8 nitrogen and oxygen atoms in total. The minimum absolute atomic E-state index is 0.0459. The normalized spacial score (nSPS) is 17.1. The van der Waals surface area contributed by atoms with Crippen LogP contribution in [0.15, 0.2) is 59.5 Å². The number of amides is 2. The van der Waals surface area contributed by atoms with Crippen molar-refractivity contribution in [2.75, 3.05) is 44.1 Å². The van der Waals surface area contributed by atoms with Crippen LogP contribution in [0.2, 0.25) is 0 Å². The number of piperazine rings is 1. The molecule has 1 N–H and O–H groups in total. The Bertz CT molecular complexity index is 1060. The molecule has 1 aliphatic heterocycles. The molecule has 2 fully saturated rings. The minimum Gasteiger partial charge on any atom is -0.352 e. The number of hydrogen-bond acceptors (Lipinski definition) is 5. The van der Waals surface area contributed by atoms with Gasteiger partial charge in [-0.1, -0.05) is 18.2 Å². The zero-order valence-corrected chi connectivity index (χ0v) is 18.9. The average Bonchev–Trinajstić information content (AvgIpc) is 3.63. The van der Waals surface area contributed by atoms with E-state index < -0.39 is 10.0 Å². The largest absolute Gasteiger partial charge is 0.352 e. The minimum atomic E-state index is -3.72. The molecule has 4 rings (SSSR count). The average molecular weight is 457 g/mol. The van der Waals surface area contributed by atoms with Gasteiger partial charge in [-0.2, -0.15) is 0 Å². The van der Waals surface area contributed by atoms with Gasteiger partial charge in [-0.15, -0.1) is 0 Å². The van der Waals surface area contributed by atoms with E-state index >= 15 is 0 Å². The zero-order chi connectivity index (χ0) is 22.7. The first-order valence-corrected chi connectivity index (χ1v) is 12.2. The van der Waals surface area contributed by atoms with Gasteiger partial charge in [0.25, 0.3) is 15.9 Å². The van der Waals surface area contributed by atoms with Crippen LogP contribution in [0.3, 0.4) is 0 Å². The topological polar surface area (TPSA) is 90.0 Å². The molecular formula is C23H28N4O4S. The first-order valence-electron chi connectivity index (χ1n) is 10.8. The van der Waals surface area contributed by atoms with Gasteiger partial charge in [-0.3, -0.25) is 18.8 Å². The molecule has 2 aromatic rings. The van der Waals surface area contributed by atoms with Crippen molar-refractivity contribution in [3.05, 3.63) is 60.2 Å². The summed E-state index contributed by atoms with van der Waals surface area (Å²) in [5, 5.41) is 2.98. The standard InChI is InChI=1S/C23H28N4O4S/c1-25(20-5-3-2-4-6-20)32(30,31)21-11-7-18(8-12-21)23(29)27-15-13-26(14-16-27)17-22(28)24-19-9-10-19/h2-8,11-12,19H,9-10,13-17H2,1H3,(H,24,28). The molecule has 1 saturated carbocycles. The highest BCUT2D eigenvalue weighted by Gasteiger charge is 2.27. The molecule has 0 spiro atoms. The Morgan fingerprint density at radius 3 is 2.19 bits per heavy atom. The van der Waals surface area contributed by atoms with Crippen molar-refractivity contribution in [2.45, 2.75) is 23.8 Å². The van der Waals surface area contributed by atoms with Crippen LogP contribution in [-0.2, 0) is 14.8 Å². The number of rotatable bonds is 7. The summed E-state index contributed by atoms with van der Waals surface area (Å²) in [7, 11) is -2.21. The quantitative estimate of drug-likeness (QED) is 0.683. The summed E-state index contributed by atoms with van der Waals surface area (Å²) < 4.78 is 27.0. The number of carbonyl (C=O) groups is 2. The summed E-state index contributed by atoms with van der Waals surface area (Å²) in [4.78, 5) is 28.8. The van der Waals surface area contributed by atoms with E-state index in [9.17, 15) is 18.0 Å². The van der Waals surface area contributed by atoms with Crippen LogP contribution in [0, 0.1) is 0 Å². The van der Waals surface area contributed by atoms with Gasteiger partial charge in [0.15, 0.2) is 0 Å². The van der Waals surface area contributed by atoms with E-state index in [1.807, 2.05) is 6.07 Å². The zero-order valence-electron chi connectivity index (χ0n) is 18.1. The summed E-state index contributed by atoms with van der Waals surface area (Å²) in [5.74, 6) is -0.0861. The summed E-state index contributed by atoms with van der Waals surface area (Å²) in [5.41, 5.74) is 1.02. The molecule has 0 atom stereocenters. The molecule has 2 aliphatic rings. The number of carbonyl (C=O) groups excluding carboxylic acids is 2. The SMILES string of the molecule is CN(c1ccccc1)S(=O)(=O)c1ccc(C(=O)N2CCN(CC(=O)NC3CC3)CC2)cc1. The fourth-order valence-corrected chi connectivity index (χ4v) is 4.90. The van der Waals surface area contributed by atoms with Crippen molar-refractivity contribution < 1.29 is 18.0 Å². The fraction of sp³-hybridized carbons (Fsp3) is 0.391. The summed E-state index contributed by atoms with van der Waals surface area (Å²) in [6.07, 6.45) is 2.13. The Morgan fingerprint density at radius 1 is 0.969 bits per heavy atom. The Labute approximate surface area is 188 Å². The van der Waals surface area contributed by atoms with E-state index in [0.29, 0.717) is 50.0 Å². The number of nitrogens with zero attached hydrogens (tertiary/aromatic N) is 3. The third-order valence-corrected chi connectivity index (χ3v) is 7.65. The van der Waals surface area contributed by atoms with Crippen LogP contribution in [0.1, 0.15) is 23.2 Å². The van der Waals surface area contributed by atoms with E-state index in [-0.39, 0.29) is 16.7 Å². The fourth-order valence-electron chi connectivity index (χ4n) is 3.70. The van der Waals surface area contributed by atoms with Crippen molar-refractivity contribution >= 4 is 27.5 Å². The Morgan fingerprint density at radius 2 is 1.59 bits per heavy atom. The molecule has 1 saturated heterocycles. The molecular weight excluding hydrogens is 428 g/mol. The number of para-hydroxylation sites is 1. The highest BCUT2D eigenvalue weighted by atomic mass is 32.2. The van der Waals surface area contributed by atoms with E-state index in [2.05, 4.69) is 10.2 Å². The molecule has 0 unspecified atom stereocenters. The molecule has 32 heavy (non-hydrogen) atoms. The molecule has 1 aliphatic carbocycles. The maximum atomic E-state index is 12.9. The van der Waals surface area contributed by atoms with Crippen LogP contribution in [0.4, 0.5) is 5.69 Å². The molecule has 0 aromatic heterocycles. The number of hydrogen-bond donors (Lipinski definition) is 1. The second-order valence-electron chi connectivity index (χ2n) is 8.24.